The highest BCUT2D eigenvalue weighted by molar-refractivity contribution is 5.77. The molecule has 1 aliphatic rings. The maximum atomic E-state index is 11.4. The molecule has 0 fully saturated rings. The Morgan fingerprint density at radius 1 is 1.40 bits per heavy atom. The predicted octanol–water partition coefficient (Wildman–Crippen LogP) is 1.72. The molecule has 0 N–H and O–H groups in total. The number of halogens is 3. The standard InChI is InChI=1S/C5H6F3NO/c6-5(7,8)10-4-2-1-3-9-4/h1-3H2. The van der Waals surface area contributed by atoms with Crippen molar-refractivity contribution in [1.82, 2.24) is 0 Å². The van der Waals surface area contributed by atoms with E-state index in [-0.39, 0.29) is 5.90 Å². The Morgan fingerprint density at radius 3 is 2.50 bits per heavy atom. The van der Waals surface area contributed by atoms with Gasteiger partial charge >= 0.3 is 6.36 Å². The van der Waals surface area contributed by atoms with Gasteiger partial charge in [-0.3, -0.25) is 4.99 Å². The number of hydrogen-bond acceptors (Lipinski definition) is 2. The van der Waals surface area contributed by atoms with E-state index in [0.29, 0.717) is 19.4 Å². The first-order valence-electron chi connectivity index (χ1n) is 2.87. The van der Waals surface area contributed by atoms with Gasteiger partial charge in [0.2, 0.25) is 0 Å². The predicted molar refractivity (Wildman–Crippen MR) is 28.7 cm³/mol. The van der Waals surface area contributed by atoms with Gasteiger partial charge in [0.25, 0.3) is 0 Å². The topological polar surface area (TPSA) is 21.6 Å². The first-order valence-corrected chi connectivity index (χ1v) is 2.87. The Labute approximate surface area is 55.7 Å². The van der Waals surface area contributed by atoms with Crippen LogP contribution < -0.4 is 0 Å². The second-order valence-corrected chi connectivity index (χ2v) is 1.93. The molecule has 0 saturated carbocycles. The molecule has 0 spiro atoms. The second kappa shape index (κ2) is 2.48. The number of alkyl halides is 3. The third-order valence-corrected chi connectivity index (χ3v) is 1.07. The SMILES string of the molecule is FC(F)(F)OC1=NCCC1. The van der Waals surface area contributed by atoms with Gasteiger partial charge in [0.05, 0.1) is 0 Å². The van der Waals surface area contributed by atoms with Crippen LogP contribution in [-0.2, 0) is 4.74 Å². The molecular weight excluding hydrogens is 147 g/mol. The summed E-state index contributed by atoms with van der Waals surface area (Å²) in [6, 6.07) is 0. The smallest absolute Gasteiger partial charge is 0.392 e. The average molecular weight is 153 g/mol. The molecule has 1 aliphatic heterocycles. The van der Waals surface area contributed by atoms with Gasteiger partial charge in [0.15, 0.2) is 5.90 Å². The highest BCUT2D eigenvalue weighted by atomic mass is 19.4. The molecule has 0 radical (unpaired) electrons. The lowest BCUT2D eigenvalue weighted by atomic mass is 10.4. The van der Waals surface area contributed by atoms with E-state index >= 15 is 0 Å². The van der Waals surface area contributed by atoms with Crippen molar-refractivity contribution in [1.29, 1.82) is 0 Å². The van der Waals surface area contributed by atoms with Crippen LogP contribution in [0.3, 0.4) is 0 Å². The van der Waals surface area contributed by atoms with Crippen molar-refractivity contribution in [2.24, 2.45) is 4.99 Å². The Kier molecular flexibility index (Phi) is 1.82. The van der Waals surface area contributed by atoms with Crippen LogP contribution in [0.2, 0.25) is 0 Å². The third kappa shape index (κ3) is 2.24. The lowest BCUT2D eigenvalue weighted by molar-refractivity contribution is -0.284. The molecule has 58 valence electrons. The van der Waals surface area contributed by atoms with Crippen LogP contribution in [-0.4, -0.2) is 18.8 Å². The fraction of sp³-hybridized carbons (Fsp3) is 0.800. The minimum absolute atomic E-state index is 0.187. The molecule has 0 bridgehead atoms. The number of nitrogens with zero attached hydrogens (tertiary/aromatic N) is 1. The summed E-state index contributed by atoms with van der Waals surface area (Å²) in [6.45, 7) is 0.450. The lowest BCUT2D eigenvalue weighted by Gasteiger charge is -2.06. The minimum Gasteiger partial charge on any atom is -0.392 e. The van der Waals surface area contributed by atoms with E-state index in [4.69, 9.17) is 0 Å². The third-order valence-electron chi connectivity index (χ3n) is 1.07. The molecule has 0 aromatic heterocycles. The molecule has 0 amide bonds. The van der Waals surface area contributed by atoms with Crippen molar-refractivity contribution in [3.05, 3.63) is 0 Å². The highest BCUT2D eigenvalue weighted by Crippen LogP contribution is 2.19. The fourth-order valence-corrected chi connectivity index (χ4v) is 0.730. The molecule has 10 heavy (non-hydrogen) atoms. The van der Waals surface area contributed by atoms with E-state index in [0.717, 1.165) is 0 Å². The molecule has 0 aromatic carbocycles. The van der Waals surface area contributed by atoms with Crippen LogP contribution in [0.5, 0.6) is 0 Å². The van der Waals surface area contributed by atoms with Crippen molar-refractivity contribution < 1.29 is 17.9 Å². The molecule has 5 heteroatoms. The number of hydrogen-bond donors (Lipinski definition) is 0. The molecule has 0 aliphatic carbocycles. The van der Waals surface area contributed by atoms with Crippen LogP contribution in [0, 0.1) is 0 Å². The fourth-order valence-electron chi connectivity index (χ4n) is 0.730. The average Bonchev–Trinajstić information content (AvgIpc) is 2.12. The zero-order chi connectivity index (χ0) is 7.61. The summed E-state index contributed by atoms with van der Waals surface area (Å²) < 4.78 is 37.8. The highest BCUT2D eigenvalue weighted by Gasteiger charge is 2.33. The summed E-state index contributed by atoms with van der Waals surface area (Å²) in [5, 5.41) is 0. The first-order chi connectivity index (χ1) is 4.58. The van der Waals surface area contributed by atoms with E-state index in [1.54, 1.807) is 0 Å². The van der Waals surface area contributed by atoms with Gasteiger partial charge in [-0.2, -0.15) is 0 Å². The quantitative estimate of drug-likeness (QED) is 0.519. The zero-order valence-corrected chi connectivity index (χ0v) is 5.11. The Morgan fingerprint density at radius 2 is 2.10 bits per heavy atom. The van der Waals surface area contributed by atoms with Gasteiger partial charge in [0, 0.05) is 13.0 Å². The summed E-state index contributed by atoms with van der Waals surface area (Å²) in [5.41, 5.74) is 0. The van der Waals surface area contributed by atoms with E-state index in [1.807, 2.05) is 0 Å². The Bertz CT molecular complexity index is 151. The Hall–Kier alpha value is -0.740. The minimum atomic E-state index is -4.57. The van der Waals surface area contributed by atoms with Crippen LogP contribution in [0.25, 0.3) is 0 Å². The summed E-state index contributed by atoms with van der Waals surface area (Å²) in [7, 11) is 0. The van der Waals surface area contributed by atoms with E-state index < -0.39 is 6.36 Å². The largest absolute Gasteiger partial charge is 0.574 e. The monoisotopic (exact) mass is 153 g/mol. The molecular formula is C5H6F3NO. The van der Waals surface area contributed by atoms with Gasteiger partial charge in [-0.25, -0.2) is 0 Å². The van der Waals surface area contributed by atoms with Crippen LogP contribution in [0.1, 0.15) is 12.8 Å². The lowest BCUT2D eigenvalue weighted by Crippen LogP contribution is -2.17. The van der Waals surface area contributed by atoms with Crippen molar-refractivity contribution >= 4 is 5.90 Å². The van der Waals surface area contributed by atoms with Gasteiger partial charge in [0.1, 0.15) is 0 Å². The van der Waals surface area contributed by atoms with Crippen LogP contribution in [0.4, 0.5) is 13.2 Å². The van der Waals surface area contributed by atoms with Crippen molar-refractivity contribution in [3.8, 4) is 0 Å². The maximum Gasteiger partial charge on any atom is 0.574 e. The summed E-state index contributed by atoms with van der Waals surface area (Å²) >= 11 is 0. The van der Waals surface area contributed by atoms with Crippen molar-refractivity contribution in [2.75, 3.05) is 6.54 Å². The van der Waals surface area contributed by atoms with E-state index in [9.17, 15) is 13.2 Å². The van der Waals surface area contributed by atoms with Crippen molar-refractivity contribution in [2.45, 2.75) is 19.2 Å². The van der Waals surface area contributed by atoms with E-state index in [2.05, 4.69) is 9.73 Å². The summed E-state index contributed by atoms with van der Waals surface area (Å²) in [6.07, 6.45) is -3.60. The normalized spacial score (nSPS) is 18.9. The number of ether oxygens (including phenoxy) is 1. The van der Waals surface area contributed by atoms with Crippen LogP contribution >= 0.6 is 0 Å². The van der Waals surface area contributed by atoms with Gasteiger partial charge in [-0.15, -0.1) is 13.2 Å². The van der Waals surface area contributed by atoms with Gasteiger partial charge in [-0.05, 0) is 6.42 Å². The molecule has 0 atom stereocenters. The second-order valence-electron chi connectivity index (χ2n) is 1.93. The zero-order valence-electron chi connectivity index (χ0n) is 5.11. The first kappa shape index (κ1) is 7.37. The Balaban J connectivity index is 2.38. The summed E-state index contributed by atoms with van der Waals surface area (Å²) in [5.74, 6) is -0.187. The molecule has 0 saturated heterocycles. The number of rotatable bonds is 0. The molecule has 1 rings (SSSR count). The van der Waals surface area contributed by atoms with Crippen LogP contribution in [0.15, 0.2) is 4.99 Å². The number of aliphatic imine (C=N–C) groups is 1. The molecule has 0 unspecified atom stereocenters. The molecule has 0 aromatic rings. The van der Waals surface area contributed by atoms with E-state index in [1.165, 1.54) is 0 Å². The maximum absolute atomic E-state index is 11.4. The molecule has 1 heterocycles. The summed E-state index contributed by atoms with van der Waals surface area (Å²) in [4.78, 5) is 3.50. The molecule has 2 nitrogen and oxygen atoms in total. The van der Waals surface area contributed by atoms with Gasteiger partial charge in [-0.1, -0.05) is 0 Å². The van der Waals surface area contributed by atoms with Gasteiger partial charge < -0.3 is 4.74 Å². The van der Waals surface area contributed by atoms with Crippen molar-refractivity contribution in [3.63, 3.8) is 0 Å².